The maximum absolute atomic E-state index is 12.8. The average Bonchev–Trinajstić information content (AvgIpc) is 2.64. The summed E-state index contributed by atoms with van der Waals surface area (Å²) in [6, 6.07) is 14.4. The molecule has 0 amide bonds. The van der Waals surface area contributed by atoms with E-state index in [4.69, 9.17) is 13.9 Å². The first-order valence-corrected chi connectivity index (χ1v) is 8.65. The second kappa shape index (κ2) is 7.96. The lowest BCUT2D eigenvalue weighted by atomic mass is 10.1. The van der Waals surface area contributed by atoms with Crippen LogP contribution in [0.25, 0.3) is 22.3 Å². The summed E-state index contributed by atoms with van der Waals surface area (Å²) in [6.45, 7) is 12.1. The highest BCUT2D eigenvalue weighted by Crippen LogP contribution is 2.32. The van der Waals surface area contributed by atoms with Crippen molar-refractivity contribution < 1.29 is 13.9 Å². The molecule has 4 heteroatoms. The van der Waals surface area contributed by atoms with Gasteiger partial charge in [-0.2, -0.15) is 0 Å². The standard InChI is InChI=1S/C23H22O4/c1-15(2)13-25-18-10-21(26-14-16(3)4)23-19(24)12-20(27-22(23)11-18)17-8-6-5-7-9-17/h5-12H,1,3,13-14H2,2,4H3. The fourth-order valence-corrected chi connectivity index (χ4v) is 2.58. The van der Waals surface area contributed by atoms with E-state index in [9.17, 15) is 4.79 Å². The predicted molar refractivity (Wildman–Crippen MR) is 109 cm³/mol. The van der Waals surface area contributed by atoms with Crippen LogP contribution in [0.15, 0.2) is 82.0 Å². The molecule has 3 rings (SSSR count). The summed E-state index contributed by atoms with van der Waals surface area (Å²) in [5.41, 5.74) is 2.81. The van der Waals surface area contributed by atoms with Gasteiger partial charge in [0.15, 0.2) is 5.43 Å². The SMILES string of the molecule is C=C(C)COc1cc(OCC(=C)C)c2c(=O)cc(-c3ccccc3)oc2c1. The van der Waals surface area contributed by atoms with Gasteiger partial charge >= 0.3 is 0 Å². The van der Waals surface area contributed by atoms with Crippen molar-refractivity contribution >= 4 is 11.0 Å². The van der Waals surface area contributed by atoms with Crippen LogP contribution in [0.1, 0.15) is 13.8 Å². The third kappa shape index (κ3) is 4.47. The van der Waals surface area contributed by atoms with Crippen molar-refractivity contribution in [1.29, 1.82) is 0 Å². The summed E-state index contributed by atoms with van der Waals surface area (Å²) in [5, 5.41) is 0.388. The summed E-state index contributed by atoms with van der Waals surface area (Å²) in [4.78, 5) is 12.8. The van der Waals surface area contributed by atoms with Gasteiger partial charge in [0.25, 0.3) is 0 Å². The number of rotatable bonds is 7. The first kappa shape index (κ1) is 18.5. The Hall–Kier alpha value is -3.27. The molecule has 27 heavy (non-hydrogen) atoms. The van der Waals surface area contributed by atoms with Crippen LogP contribution in [0, 0.1) is 0 Å². The average molecular weight is 362 g/mol. The quantitative estimate of drug-likeness (QED) is 0.530. The molecular formula is C23H22O4. The number of ether oxygens (including phenoxy) is 2. The summed E-state index contributed by atoms with van der Waals surface area (Å²) in [7, 11) is 0. The molecule has 0 bridgehead atoms. The van der Waals surface area contributed by atoms with Crippen LogP contribution < -0.4 is 14.9 Å². The Kier molecular flexibility index (Phi) is 5.46. The van der Waals surface area contributed by atoms with Gasteiger partial charge < -0.3 is 13.9 Å². The van der Waals surface area contributed by atoms with Crippen molar-refractivity contribution in [2.75, 3.05) is 13.2 Å². The number of benzene rings is 2. The maximum atomic E-state index is 12.8. The Morgan fingerprint density at radius 2 is 1.63 bits per heavy atom. The van der Waals surface area contributed by atoms with Crippen molar-refractivity contribution in [2.45, 2.75) is 13.8 Å². The zero-order valence-electron chi connectivity index (χ0n) is 15.6. The van der Waals surface area contributed by atoms with E-state index < -0.39 is 0 Å². The molecule has 3 aromatic rings. The van der Waals surface area contributed by atoms with Crippen LogP contribution in [0.5, 0.6) is 11.5 Å². The van der Waals surface area contributed by atoms with Gasteiger partial charge in [0.1, 0.15) is 41.4 Å². The van der Waals surface area contributed by atoms with Crippen LogP contribution in [0.2, 0.25) is 0 Å². The van der Waals surface area contributed by atoms with Crippen LogP contribution in [0.4, 0.5) is 0 Å². The second-order valence-corrected chi connectivity index (χ2v) is 6.63. The van der Waals surface area contributed by atoms with Crippen molar-refractivity contribution in [1.82, 2.24) is 0 Å². The lowest BCUT2D eigenvalue weighted by molar-refractivity contribution is 0.337. The highest BCUT2D eigenvalue weighted by Gasteiger charge is 2.14. The van der Waals surface area contributed by atoms with E-state index in [1.165, 1.54) is 6.07 Å². The lowest BCUT2D eigenvalue weighted by Crippen LogP contribution is -2.07. The molecule has 0 atom stereocenters. The molecule has 0 fully saturated rings. The largest absolute Gasteiger partial charge is 0.489 e. The Bertz CT molecular complexity index is 1050. The summed E-state index contributed by atoms with van der Waals surface area (Å²) < 4.78 is 17.6. The molecule has 4 nitrogen and oxygen atoms in total. The predicted octanol–water partition coefficient (Wildman–Crippen LogP) is 5.37. The molecule has 0 N–H and O–H groups in total. The fourth-order valence-electron chi connectivity index (χ4n) is 2.58. The van der Waals surface area contributed by atoms with E-state index in [0.29, 0.717) is 41.4 Å². The molecule has 0 saturated carbocycles. The Morgan fingerprint density at radius 1 is 0.963 bits per heavy atom. The lowest BCUT2D eigenvalue weighted by Gasteiger charge is -2.13. The van der Waals surface area contributed by atoms with Gasteiger partial charge in [0.2, 0.25) is 0 Å². The molecule has 1 heterocycles. The topological polar surface area (TPSA) is 48.7 Å². The van der Waals surface area contributed by atoms with Crippen LogP contribution in [-0.2, 0) is 0 Å². The summed E-state index contributed by atoms with van der Waals surface area (Å²) in [6.07, 6.45) is 0. The van der Waals surface area contributed by atoms with Gasteiger partial charge in [0.05, 0.1) is 0 Å². The number of hydrogen-bond donors (Lipinski definition) is 0. The molecule has 0 aliphatic rings. The zero-order chi connectivity index (χ0) is 19.4. The minimum atomic E-state index is -0.168. The Morgan fingerprint density at radius 3 is 2.30 bits per heavy atom. The minimum Gasteiger partial charge on any atom is -0.489 e. The van der Waals surface area contributed by atoms with Crippen molar-refractivity contribution in [3.63, 3.8) is 0 Å². The molecule has 1 aromatic heterocycles. The van der Waals surface area contributed by atoms with Gasteiger partial charge in [-0.3, -0.25) is 4.79 Å². The van der Waals surface area contributed by atoms with Gasteiger partial charge in [-0.15, -0.1) is 0 Å². The third-order valence-corrected chi connectivity index (χ3v) is 3.79. The molecule has 0 unspecified atom stereocenters. The van der Waals surface area contributed by atoms with Gasteiger partial charge in [-0.1, -0.05) is 43.5 Å². The molecular weight excluding hydrogens is 340 g/mol. The van der Waals surface area contributed by atoms with Crippen LogP contribution >= 0.6 is 0 Å². The van der Waals surface area contributed by atoms with Crippen molar-refractivity contribution in [2.24, 2.45) is 0 Å². The maximum Gasteiger partial charge on any atom is 0.197 e. The smallest absolute Gasteiger partial charge is 0.197 e. The molecule has 2 aromatic carbocycles. The first-order valence-electron chi connectivity index (χ1n) is 8.65. The number of hydrogen-bond acceptors (Lipinski definition) is 4. The molecule has 0 aliphatic carbocycles. The van der Waals surface area contributed by atoms with E-state index >= 15 is 0 Å². The fraction of sp³-hybridized carbons (Fsp3) is 0.174. The van der Waals surface area contributed by atoms with Gasteiger partial charge in [0, 0.05) is 23.8 Å². The number of fused-ring (bicyclic) bond motifs is 1. The molecule has 0 radical (unpaired) electrons. The van der Waals surface area contributed by atoms with E-state index in [2.05, 4.69) is 13.2 Å². The van der Waals surface area contributed by atoms with Crippen molar-refractivity contribution in [3.05, 3.63) is 83.1 Å². The van der Waals surface area contributed by atoms with E-state index in [1.807, 2.05) is 44.2 Å². The van der Waals surface area contributed by atoms with E-state index in [-0.39, 0.29) is 5.43 Å². The van der Waals surface area contributed by atoms with Crippen LogP contribution in [-0.4, -0.2) is 13.2 Å². The molecule has 0 spiro atoms. The Balaban J connectivity index is 2.14. The van der Waals surface area contributed by atoms with Crippen molar-refractivity contribution in [3.8, 4) is 22.8 Å². The minimum absolute atomic E-state index is 0.168. The second-order valence-electron chi connectivity index (χ2n) is 6.63. The highest BCUT2D eigenvalue weighted by atomic mass is 16.5. The van der Waals surface area contributed by atoms with Gasteiger partial charge in [-0.25, -0.2) is 0 Å². The molecule has 0 saturated heterocycles. The third-order valence-electron chi connectivity index (χ3n) is 3.79. The molecule has 138 valence electrons. The van der Waals surface area contributed by atoms with Crippen LogP contribution in [0.3, 0.4) is 0 Å². The molecule has 0 aliphatic heterocycles. The van der Waals surface area contributed by atoms with Gasteiger partial charge in [-0.05, 0) is 25.0 Å². The normalized spacial score (nSPS) is 10.6. The first-order chi connectivity index (χ1) is 12.9. The Labute approximate surface area is 158 Å². The highest BCUT2D eigenvalue weighted by molar-refractivity contribution is 5.86. The monoisotopic (exact) mass is 362 g/mol. The van der Waals surface area contributed by atoms with E-state index in [1.54, 1.807) is 12.1 Å². The summed E-state index contributed by atoms with van der Waals surface area (Å²) >= 11 is 0. The van der Waals surface area contributed by atoms with E-state index in [0.717, 1.165) is 16.7 Å². The zero-order valence-corrected chi connectivity index (χ0v) is 15.6. The summed E-state index contributed by atoms with van der Waals surface area (Å²) in [5.74, 6) is 1.46.